The van der Waals surface area contributed by atoms with Crippen molar-refractivity contribution in [2.45, 2.75) is 52.7 Å². The average Bonchev–Trinajstić information content (AvgIpc) is 1.12. The predicted molar refractivity (Wildman–Crippen MR) is 43.9 cm³/mol. The maximum Gasteiger partial charge on any atom is 0.0563 e. The second-order valence-corrected chi connectivity index (χ2v) is 4.34. The van der Waals surface area contributed by atoms with Crippen molar-refractivity contribution in [1.29, 1.82) is 0 Å². The summed E-state index contributed by atoms with van der Waals surface area (Å²) in [5.74, 6) is 0. The summed E-state index contributed by atoms with van der Waals surface area (Å²) in [6.07, 6.45) is 0. The largest absolute Gasteiger partial charge is 0.391 e. The Morgan fingerprint density at radius 1 is 0.600 bits per heavy atom. The number of hydrogen-bond donors (Lipinski definition) is 2. The van der Waals surface area contributed by atoms with Crippen LogP contribution in [0.2, 0.25) is 0 Å². The molecule has 0 bridgehead atoms. The third-order valence-electron chi connectivity index (χ3n) is 0. The van der Waals surface area contributed by atoms with E-state index in [-0.39, 0.29) is 0 Å². The van der Waals surface area contributed by atoms with E-state index in [2.05, 4.69) is 0 Å². The molecule has 0 heterocycles. The Bertz CT molecular complexity index is 50.2. The summed E-state index contributed by atoms with van der Waals surface area (Å²) in [6, 6.07) is 0. The summed E-state index contributed by atoms with van der Waals surface area (Å²) in [7, 11) is 0. The van der Waals surface area contributed by atoms with Crippen molar-refractivity contribution >= 4 is 0 Å². The van der Waals surface area contributed by atoms with E-state index in [0.29, 0.717) is 0 Å². The fourth-order valence-electron chi connectivity index (χ4n) is 0. The summed E-state index contributed by atoms with van der Waals surface area (Å²) in [4.78, 5) is 0. The zero-order chi connectivity index (χ0) is 9.00. The van der Waals surface area contributed by atoms with Crippen LogP contribution in [0.4, 0.5) is 0 Å². The van der Waals surface area contributed by atoms with Crippen molar-refractivity contribution in [3.8, 4) is 0 Å². The summed E-state index contributed by atoms with van der Waals surface area (Å²) in [5, 5.41) is 17.0. The van der Waals surface area contributed by atoms with Gasteiger partial charge in [-0.1, -0.05) is 0 Å². The molecule has 0 atom stereocenters. The molecule has 0 aliphatic heterocycles. The standard InChI is InChI=1S/2C4H10O/c2*1-4(2,3)5/h2*5H,1-3H3. The van der Waals surface area contributed by atoms with Crippen LogP contribution in [0, 0.1) is 0 Å². The zero-order valence-corrected chi connectivity index (χ0v) is 7.89. The number of aliphatic hydroxyl groups is 2. The van der Waals surface area contributed by atoms with E-state index >= 15 is 0 Å². The van der Waals surface area contributed by atoms with Crippen LogP contribution < -0.4 is 0 Å². The van der Waals surface area contributed by atoms with Gasteiger partial charge in [-0.3, -0.25) is 0 Å². The zero-order valence-electron chi connectivity index (χ0n) is 7.89. The number of rotatable bonds is 0. The number of hydrogen-bond acceptors (Lipinski definition) is 2. The highest BCUT2D eigenvalue weighted by Gasteiger charge is 1.98. The molecule has 0 aromatic carbocycles. The van der Waals surface area contributed by atoms with E-state index in [1.54, 1.807) is 41.5 Å². The highest BCUT2D eigenvalue weighted by atomic mass is 16.3. The Balaban J connectivity index is 0. The highest BCUT2D eigenvalue weighted by molar-refractivity contribution is 4.51. The van der Waals surface area contributed by atoms with Crippen molar-refractivity contribution < 1.29 is 10.2 Å². The molecule has 0 amide bonds. The van der Waals surface area contributed by atoms with E-state index in [0.717, 1.165) is 0 Å². The molecule has 2 nitrogen and oxygen atoms in total. The molecule has 64 valence electrons. The minimum Gasteiger partial charge on any atom is -0.391 e. The van der Waals surface area contributed by atoms with Gasteiger partial charge in [-0.05, 0) is 41.5 Å². The van der Waals surface area contributed by atoms with Crippen LogP contribution in [-0.4, -0.2) is 21.4 Å². The van der Waals surface area contributed by atoms with Gasteiger partial charge in [0.05, 0.1) is 11.2 Å². The smallest absolute Gasteiger partial charge is 0.0563 e. The van der Waals surface area contributed by atoms with Crippen molar-refractivity contribution in [1.82, 2.24) is 0 Å². The molecule has 2 N–H and O–H groups in total. The third kappa shape index (κ3) is 59300. The van der Waals surface area contributed by atoms with Crippen molar-refractivity contribution in [2.75, 3.05) is 0 Å². The molecular formula is C8H20O2. The lowest BCUT2D eigenvalue weighted by Crippen LogP contribution is -2.10. The topological polar surface area (TPSA) is 40.5 Å². The van der Waals surface area contributed by atoms with E-state index in [9.17, 15) is 0 Å². The molecule has 0 aromatic rings. The Morgan fingerprint density at radius 3 is 0.600 bits per heavy atom. The fraction of sp³-hybridized carbons (Fsp3) is 1.00. The molecule has 0 unspecified atom stereocenters. The van der Waals surface area contributed by atoms with Crippen LogP contribution in [0.15, 0.2) is 0 Å². The molecule has 0 aromatic heterocycles. The van der Waals surface area contributed by atoms with Gasteiger partial charge in [-0.2, -0.15) is 0 Å². The van der Waals surface area contributed by atoms with E-state index in [4.69, 9.17) is 10.2 Å². The normalized spacial score (nSPS) is 12.0. The van der Waals surface area contributed by atoms with Crippen molar-refractivity contribution in [2.24, 2.45) is 0 Å². The second kappa shape index (κ2) is 3.94. The van der Waals surface area contributed by atoms with Gasteiger partial charge in [0.25, 0.3) is 0 Å². The van der Waals surface area contributed by atoms with Crippen LogP contribution in [0.3, 0.4) is 0 Å². The Hall–Kier alpha value is -0.0800. The Morgan fingerprint density at radius 2 is 0.600 bits per heavy atom. The summed E-state index contributed by atoms with van der Waals surface area (Å²) >= 11 is 0. The molecule has 0 saturated heterocycles. The van der Waals surface area contributed by atoms with Crippen LogP contribution in [0.5, 0.6) is 0 Å². The lowest BCUT2D eigenvalue weighted by atomic mass is 10.2. The first-order chi connectivity index (χ1) is 4.00. The molecule has 0 rings (SSSR count). The van der Waals surface area contributed by atoms with Crippen molar-refractivity contribution in [3.05, 3.63) is 0 Å². The van der Waals surface area contributed by atoms with E-state index < -0.39 is 11.2 Å². The maximum absolute atomic E-state index is 8.52. The molecule has 0 aliphatic rings. The van der Waals surface area contributed by atoms with Crippen LogP contribution in [0.25, 0.3) is 0 Å². The van der Waals surface area contributed by atoms with Crippen LogP contribution in [0.1, 0.15) is 41.5 Å². The van der Waals surface area contributed by atoms with Gasteiger partial charge in [-0.25, -0.2) is 0 Å². The molecule has 0 radical (unpaired) electrons. The third-order valence-corrected chi connectivity index (χ3v) is 0. The van der Waals surface area contributed by atoms with Gasteiger partial charge in [0.1, 0.15) is 0 Å². The molecule has 0 aliphatic carbocycles. The fourth-order valence-corrected chi connectivity index (χ4v) is 0. The molecule has 10 heavy (non-hydrogen) atoms. The molecule has 0 spiro atoms. The second-order valence-electron chi connectivity index (χ2n) is 4.34. The highest BCUT2D eigenvalue weighted by Crippen LogP contribution is 1.93. The van der Waals surface area contributed by atoms with Crippen LogP contribution in [-0.2, 0) is 0 Å². The summed E-state index contributed by atoms with van der Waals surface area (Å²) in [5.41, 5.74) is -1.00. The summed E-state index contributed by atoms with van der Waals surface area (Å²) < 4.78 is 0. The first kappa shape index (κ1) is 12.6. The summed E-state index contributed by atoms with van der Waals surface area (Å²) in [6.45, 7) is 10.5. The maximum atomic E-state index is 8.52. The first-order valence-electron chi connectivity index (χ1n) is 3.45. The van der Waals surface area contributed by atoms with Crippen molar-refractivity contribution in [3.63, 3.8) is 0 Å². The SMILES string of the molecule is CC(C)(C)O.CC(C)(C)O. The van der Waals surface area contributed by atoms with Gasteiger partial charge in [0.15, 0.2) is 0 Å². The average molecular weight is 148 g/mol. The van der Waals surface area contributed by atoms with Gasteiger partial charge in [0.2, 0.25) is 0 Å². The minimum absolute atomic E-state index is 0.500. The predicted octanol–water partition coefficient (Wildman–Crippen LogP) is 1.55. The van der Waals surface area contributed by atoms with Gasteiger partial charge in [0, 0.05) is 0 Å². The van der Waals surface area contributed by atoms with E-state index in [1.807, 2.05) is 0 Å². The van der Waals surface area contributed by atoms with Gasteiger partial charge in [-0.15, -0.1) is 0 Å². The Labute approximate surface area is 63.9 Å². The lowest BCUT2D eigenvalue weighted by molar-refractivity contribution is 0.101. The molecule has 2 heteroatoms. The molecule has 0 fully saturated rings. The monoisotopic (exact) mass is 148 g/mol. The van der Waals surface area contributed by atoms with Gasteiger partial charge >= 0.3 is 0 Å². The molecule has 0 saturated carbocycles. The Kier molecular flexibility index (Phi) is 4.96. The van der Waals surface area contributed by atoms with E-state index in [1.165, 1.54) is 0 Å². The first-order valence-corrected chi connectivity index (χ1v) is 3.45. The van der Waals surface area contributed by atoms with Gasteiger partial charge < -0.3 is 10.2 Å². The quantitative estimate of drug-likeness (QED) is 0.547. The molecular weight excluding hydrogens is 128 g/mol. The van der Waals surface area contributed by atoms with Crippen LogP contribution >= 0.6 is 0 Å². The minimum atomic E-state index is -0.500. The lowest BCUT2D eigenvalue weighted by Gasteiger charge is -2.04.